The van der Waals surface area contributed by atoms with Gasteiger partial charge in [-0.05, 0) is 24.3 Å². The van der Waals surface area contributed by atoms with Gasteiger partial charge in [-0.3, -0.25) is 20.2 Å². The molecule has 3 aromatic rings. The Morgan fingerprint density at radius 3 is 1.11 bits per heavy atom. The number of benzene rings is 3. The van der Waals surface area contributed by atoms with Crippen molar-refractivity contribution in [3.05, 3.63) is 90.0 Å². The molecule has 0 aliphatic heterocycles. The number of methoxy groups -OCH3 is 8. The number of hydrogen-bond acceptors (Lipinski definition) is 19. The van der Waals surface area contributed by atoms with Gasteiger partial charge in [-0.15, -0.1) is 0 Å². The van der Waals surface area contributed by atoms with Crippen LogP contribution in [0.15, 0.2) is 36.4 Å². The van der Waals surface area contributed by atoms with Crippen LogP contribution in [-0.4, -0.2) is 108 Å². The molecule has 3 N–H and O–H groups in total. The molecule has 0 amide bonds. The fourth-order valence-electron chi connectivity index (χ4n) is 4.16. The van der Waals surface area contributed by atoms with Crippen LogP contribution in [0.4, 0.5) is 17.1 Å². The quantitative estimate of drug-likeness (QED) is 0.0931. The number of hydrogen-bond donors (Lipinski definition) is 2. The summed E-state index contributed by atoms with van der Waals surface area (Å²) in [7, 11) is 9.52. The van der Waals surface area contributed by atoms with Gasteiger partial charge in [0.25, 0.3) is 11.4 Å². The lowest BCUT2D eigenvalue weighted by molar-refractivity contribution is -0.385. The van der Waals surface area contributed by atoms with Crippen LogP contribution in [0.1, 0.15) is 62.1 Å². The molecule has 22 heteroatoms. The van der Waals surface area contributed by atoms with Crippen molar-refractivity contribution in [2.24, 2.45) is 0 Å². The van der Waals surface area contributed by atoms with Gasteiger partial charge in [0, 0.05) is 12.1 Å². The molecule has 3 rings (SSSR count). The number of nitrogens with zero attached hydrogens (tertiary/aromatic N) is 2. The average molecular weight is 764 g/mol. The van der Waals surface area contributed by atoms with Gasteiger partial charge in [0.2, 0.25) is 0 Å². The molecule has 0 saturated carbocycles. The number of carboxylic acids is 1. The zero-order chi connectivity index (χ0) is 41.4. The Labute approximate surface area is 304 Å². The van der Waals surface area contributed by atoms with Crippen molar-refractivity contribution in [2.75, 3.05) is 62.6 Å². The van der Waals surface area contributed by atoms with E-state index in [0.29, 0.717) is 0 Å². The molecular weight excluding hydrogens is 730 g/mol. The van der Waals surface area contributed by atoms with Crippen molar-refractivity contribution in [2.45, 2.75) is 0 Å². The number of aromatic carboxylic acids is 1. The number of ether oxygens (including phenoxy) is 8. The SMILES string of the molecule is COC(=O)c1cc(N)c(C(=O)OC)c(OC)c1.COC(=O)c1cc(OC)c(C(=O)O)c([N+](=O)[O-])c1.COC(=O)c1cc(OC)c(C(=O)OC)c([N+](=O)[O-])c1. The first kappa shape index (κ1) is 44.5. The summed E-state index contributed by atoms with van der Waals surface area (Å²) in [5, 5.41) is 30.7. The Morgan fingerprint density at radius 1 is 0.500 bits per heavy atom. The molecule has 0 spiro atoms. The molecule has 0 bridgehead atoms. The average Bonchev–Trinajstić information content (AvgIpc) is 3.17. The van der Waals surface area contributed by atoms with Gasteiger partial charge in [0.15, 0.2) is 11.1 Å². The van der Waals surface area contributed by atoms with E-state index in [1.165, 1.54) is 46.6 Å². The van der Waals surface area contributed by atoms with E-state index in [0.717, 1.165) is 46.6 Å². The molecule has 3 aromatic carbocycles. The molecule has 0 fully saturated rings. The summed E-state index contributed by atoms with van der Waals surface area (Å²) in [6.45, 7) is 0. The van der Waals surface area contributed by atoms with Crippen LogP contribution < -0.4 is 19.9 Å². The van der Waals surface area contributed by atoms with E-state index in [2.05, 4.69) is 23.7 Å². The zero-order valence-corrected chi connectivity index (χ0v) is 29.7. The van der Waals surface area contributed by atoms with Crippen LogP contribution in [0.25, 0.3) is 0 Å². The number of carboxylic acid groups (broad SMARTS) is 1. The highest BCUT2D eigenvalue weighted by Gasteiger charge is 2.30. The lowest BCUT2D eigenvalue weighted by Gasteiger charge is -2.11. The Hall–Kier alpha value is -7.52. The molecule has 0 aliphatic rings. The molecule has 0 atom stereocenters. The zero-order valence-electron chi connectivity index (χ0n) is 29.7. The molecule has 0 radical (unpaired) electrons. The number of esters is 5. The van der Waals surface area contributed by atoms with Crippen LogP contribution in [-0.2, 0) is 23.7 Å². The maximum atomic E-state index is 11.5. The summed E-state index contributed by atoms with van der Waals surface area (Å²) < 4.78 is 37.1. The minimum Gasteiger partial charge on any atom is -0.496 e. The normalized spacial score (nSPS) is 9.63. The van der Waals surface area contributed by atoms with Crippen molar-refractivity contribution in [1.82, 2.24) is 0 Å². The van der Waals surface area contributed by atoms with Crippen LogP contribution >= 0.6 is 0 Å². The minimum atomic E-state index is -1.52. The fourth-order valence-corrected chi connectivity index (χ4v) is 4.16. The van der Waals surface area contributed by atoms with E-state index >= 15 is 0 Å². The Morgan fingerprint density at radius 2 is 0.796 bits per heavy atom. The van der Waals surface area contributed by atoms with Gasteiger partial charge in [-0.1, -0.05) is 0 Å². The van der Waals surface area contributed by atoms with Crippen LogP contribution in [0.3, 0.4) is 0 Å². The molecular formula is C32H33N3O19. The highest BCUT2D eigenvalue weighted by Crippen LogP contribution is 2.32. The maximum absolute atomic E-state index is 11.5. The van der Waals surface area contributed by atoms with Crippen LogP contribution in [0, 0.1) is 20.2 Å². The Bertz CT molecular complexity index is 1960. The smallest absolute Gasteiger partial charge is 0.348 e. The van der Waals surface area contributed by atoms with Crippen LogP contribution in [0.2, 0.25) is 0 Å². The van der Waals surface area contributed by atoms with Gasteiger partial charge < -0.3 is 48.7 Å². The Balaban J connectivity index is 0.000000406. The van der Waals surface area contributed by atoms with Gasteiger partial charge >= 0.3 is 35.8 Å². The number of nitrogen functional groups attached to an aromatic ring is 1. The summed E-state index contributed by atoms with van der Waals surface area (Å²) in [5.74, 6) is -5.50. The first-order valence-corrected chi connectivity index (χ1v) is 14.3. The monoisotopic (exact) mass is 763 g/mol. The summed E-state index contributed by atoms with van der Waals surface area (Å²) in [4.78, 5) is 88.0. The number of rotatable bonds is 11. The molecule has 0 heterocycles. The highest BCUT2D eigenvalue weighted by atomic mass is 16.6. The van der Waals surface area contributed by atoms with Crippen molar-refractivity contribution in [3.63, 3.8) is 0 Å². The summed E-state index contributed by atoms with van der Waals surface area (Å²) in [6, 6.07) is 6.71. The van der Waals surface area contributed by atoms with Crippen LogP contribution in [0.5, 0.6) is 17.2 Å². The molecule has 290 valence electrons. The van der Waals surface area contributed by atoms with E-state index in [-0.39, 0.29) is 50.8 Å². The van der Waals surface area contributed by atoms with Gasteiger partial charge in [-0.25, -0.2) is 28.8 Å². The van der Waals surface area contributed by atoms with E-state index < -0.39 is 62.6 Å². The molecule has 22 nitrogen and oxygen atoms in total. The summed E-state index contributed by atoms with van der Waals surface area (Å²) in [5.41, 5.74) is 3.50. The summed E-state index contributed by atoms with van der Waals surface area (Å²) in [6.07, 6.45) is 0. The molecule has 54 heavy (non-hydrogen) atoms. The van der Waals surface area contributed by atoms with Crippen molar-refractivity contribution in [1.29, 1.82) is 0 Å². The highest BCUT2D eigenvalue weighted by molar-refractivity contribution is 6.02. The topological polar surface area (TPSA) is 309 Å². The lowest BCUT2D eigenvalue weighted by Crippen LogP contribution is -2.11. The predicted molar refractivity (Wildman–Crippen MR) is 180 cm³/mol. The molecule has 0 aromatic heterocycles. The lowest BCUT2D eigenvalue weighted by atomic mass is 10.1. The fraction of sp³-hybridized carbons (Fsp3) is 0.250. The van der Waals surface area contributed by atoms with Gasteiger partial charge in [0.1, 0.15) is 22.8 Å². The maximum Gasteiger partial charge on any atom is 0.348 e. The standard InChI is InChI=1S/C11H11NO7.C11H13NO5.C10H9NO7/c1-17-8-5-6(10(13)18-2)4-7(12(15)16)9(8)11(14)19-3;1-15-8-5-6(10(13)16-2)4-7(12)9(8)11(14)17-3;1-17-7-4-5(10(14)18-2)3-6(11(15)16)8(7)9(12)13/h4-5H,1-3H3;4-5H,12H2,1-3H3;3-4H,1-2H3,(H,12,13). The number of anilines is 1. The number of carbonyl (C=O) groups excluding carboxylic acids is 5. The number of nitro groups is 2. The van der Waals surface area contributed by atoms with Gasteiger partial charge in [0.05, 0.1) is 89.1 Å². The minimum absolute atomic E-state index is 0.0858. The van der Waals surface area contributed by atoms with E-state index in [4.69, 9.17) is 25.1 Å². The molecule has 0 saturated heterocycles. The number of nitro benzene ring substituents is 2. The molecule has 0 unspecified atom stereocenters. The second kappa shape index (κ2) is 20.4. The van der Waals surface area contributed by atoms with E-state index in [9.17, 15) is 49.0 Å². The second-order valence-electron chi connectivity index (χ2n) is 9.57. The largest absolute Gasteiger partial charge is 0.496 e. The third kappa shape index (κ3) is 10.7. The number of carbonyl (C=O) groups is 6. The first-order valence-electron chi connectivity index (χ1n) is 14.3. The third-order valence-corrected chi connectivity index (χ3v) is 6.60. The Kier molecular flexibility index (Phi) is 16.8. The van der Waals surface area contributed by atoms with E-state index in [1.807, 2.05) is 0 Å². The first-order chi connectivity index (χ1) is 25.4. The second-order valence-corrected chi connectivity index (χ2v) is 9.57. The van der Waals surface area contributed by atoms with E-state index in [1.54, 1.807) is 0 Å². The van der Waals surface area contributed by atoms with Crippen molar-refractivity contribution < 1.29 is 81.6 Å². The molecule has 0 aliphatic carbocycles. The van der Waals surface area contributed by atoms with Crippen molar-refractivity contribution >= 4 is 52.9 Å². The predicted octanol–water partition coefficient (Wildman–Crippen LogP) is 3.12. The van der Waals surface area contributed by atoms with Crippen molar-refractivity contribution in [3.8, 4) is 17.2 Å². The third-order valence-electron chi connectivity index (χ3n) is 6.60. The summed E-state index contributed by atoms with van der Waals surface area (Å²) >= 11 is 0. The van der Waals surface area contributed by atoms with Gasteiger partial charge in [-0.2, -0.15) is 0 Å². The number of nitrogens with two attached hydrogens (primary N) is 1.